The molecule has 0 aliphatic carbocycles. The quantitative estimate of drug-likeness (QED) is 0.327. The number of nitrogens with zero attached hydrogens (tertiary/aromatic N) is 1. The van der Waals surface area contributed by atoms with Crippen LogP contribution >= 0.6 is 22.9 Å². The van der Waals surface area contributed by atoms with Crippen LogP contribution < -0.4 is 5.32 Å². The summed E-state index contributed by atoms with van der Waals surface area (Å²) in [7, 11) is -3.67. The summed E-state index contributed by atoms with van der Waals surface area (Å²) < 4.78 is 27.7. The summed E-state index contributed by atoms with van der Waals surface area (Å²) in [6, 6.07) is 16.5. The number of para-hydroxylation sites is 1. The average molecular weight is 528 g/mol. The third kappa shape index (κ3) is 4.89. The molecule has 4 aromatic rings. The molecule has 1 aliphatic rings. The molecule has 182 valence electrons. The molecule has 5 rings (SSSR count). The first-order valence-electron chi connectivity index (χ1n) is 11.6. The molecule has 2 N–H and O–H groups in total. The van der Waals surface area contributed by atoms with Crippen molar-refractivity contribution in [2.24, 2.45) is 0 Å². The van der Waals surface area contributed by atoms with Crippen LogP contribution in [0.5, 0.6) is 0 Å². The van der Waals surface area contributed by atoms with E-state index in [1.165, 1.54) is 22.5 Å². The Labute approximate surface area is 214 Å². The highest BCUT2D eigenvalue weighted by Gasteiger charge is 2.28. The van der Waals surface area contributed by atoms with Crippen LogP contribution in [0.3, 0.4) is 0 Å². The van der Waals surface area contributed by atoms with Crippen molar-refractivity contribution < 1.29 is 13.2 Å². The standard InChI is InChI=1S/C26H26ClN3O3S2/c27-23-11-10-18(35(32,33)30-12-4-1-5-13-30)15-20(23)26(31)29-17-22(25-9-6-14-34-25)21-16-28-24-8-3-2-7-19(21)24/h2-3,6-11,14-16,22,28H,1,4-5,12-13,17H2,(H,29,31)/t22-/m1/s1. The van der Waals surface area contributed by atoms with E-state index in [-0.39, 0.29) is 21.4 Å². The van der Waals surface area contributed by atoms with E-state index in [0.29, 0.717) is 19.6 Å². The Hall–Kier alpha value is -2.65. The third-order valence-electron chi connectivity index (χ3n) is 6.49. The van der Waals surface area contributed by atoms with Gasteiger partial charge in [0.15, 0.2) is 0 Å². The zero-order valence-electron chi connectivity index (χ0n) is 19.0. The molecule has 6 nitrogen and oxygen atoms in total. The molecule has 1 saturated heterocycles. The summed E-state index contributed by atoms with van der Waals surface area (Å²) in [5.41, 5.74) is 2.29. The number of halogens is 1. The predicted molar refractivity (Wildman–Crippen MR) is 141 cm³/mol. The highest BCUT2D eigenvalue weighted by atomic mass is 35.5. The van der Waals surface area contributed by atoms with Gasteiger partial charge in [-0.15, -0.1) is 11.3 Å². The van der Waals surface area contributed by atoms with E-state index in [1.807, 2.05) is 35.8 Å². The molecule has 2 aromatic heterocycles. The molecule has 35 heavy (non-hydrogen) atoms. The molecule has 3 heterocycles. The molecule has 1 atom stereocenters. The summed E-state index contributed by atoms with van der Waals surface area (Å²) in [6.07, 6.45) is 4.71. The van der Waals surface area contributed by atoms with Gasteiger partial charge < -0.3 is 10.3 Å². The zero-order chi connectivity index (χ0) is 24.4. The number of sulfonamides is 1. The van der Waals surface area contributed by atoms with Gasteiger partial charge in [-0.05, 0) is 54.1 Å². The fraction of sp³-hybridized carbons (Fsp3) is 0.269. The van der Waals surface area contributed by atoms with Crippen molar-refractivity contribution in [3.8, 4) is 0 Å². The number of nitrogens with one attached hydrogen (secondary N) is 2. The molecule has 2 aromatic carbocycles. The van der Waals surface area contributed by atoms with Gasteiger partial charge in [0, 0.05) is 47.5 Å². The summed E-state index contributed by atoms with van der Waals surface area (Å²) in [5.74, 6) is -0.457. The van der Waals surface area contributed by atoms with Gasteiger partial charge in [0.2, 0.25) is 10.0 Å². The molecule has 9 heteroatoms. The number of hydrogen-bond donors (Lipinski definition) is 2. The van der Waals surface area contributed by atoms with Gasteiger partial charge in [-0.2, -0.15) is 4.31 Å². The number of rotatable bonds is 7. The van der Waals surface area contributed by atoms with E-state index in [9.17, 15) is 13.2 Å². The first-order chi connectivity index (χ1) is 16.9. The summed E-state index contributed by atoms with van der Waals surface area (Å²) in [5, 5.41) is 6.35. The first kappa shape index (κ1) is 24.1. The second-order valence-electron chi connectivity index (χ2n) is 8.67. The first-order valence-corrected chi connectivity index (χ1v) is 14.3. The largest absolute Gasteiger partial charge is 0.361 e. The molecule has 0 radical (unpaired) electrons. The van der Waals surface area contributed by atoms with Crippen molar-refractivity contribution in [3.05, 3.63) is 87.2 Å². The van der Waals surface area contributed by atoms with E-state index >= 15 is 0 Å². The van der Waals surface area contributed by atoms with Crippen LogP contribution in [0.4, 0.5) is 0 Å². The fourth-order valence-corrected chi connectivity index (χ4v) is 7.21. The van der Waals surface area contributed by atoms with E-state index in [0.717, 1.165) is 40.6 Å². The number of fused-ring (bicyclic) bond motifs is 1. The Morgan fingerprint density at radius 2 is 1.89 bits per heavy atom. The number of aromatic nitrogens is 1. The van der Waals surface area contributed by atoms with Crippen molar-refractivity contribution in [2.45, 2.75) is 30.1 Å². The van der Waals surface area contributed by atoms with E-state index in [4.69, 9.17) is 11.6 Å². The van der Waals surface area contributed by atoms with Crippen molar-refractivity contribution in [1.29, 1.82) is 0 Å². The third-order valence-corrected chi connectivity index (χ3v) is 9.70. The maximum atomic E-state index is 13.2. The topological polar surface area (TPSA) is 82.3 Å². The Morgan fingerprint density at radius 3 is 2.66 bits per heavy atom. The van der Waals surface area contributed by atoms with Gasteiger partial charge in [0.1, 0.15) is 0 Å². The molecule has 0 unspecified atom stereocenters. The predicted octanol–water partition coefficient (Wildman–Crippen LogP) is 5.62. The number of carbonyl (C=O) groups is 1. The van der Waals surface area contributed by atoms with Crippen molar-refractivity contribution in [1.82, 2.24) is 14.6 Å². The minimum absolute atomic E-state index is 0.0610. The fourth-order valence-electron chi connectivity index (χ4n) is 4.62. The normalized spacial score (nSPS) is 15.8. The van der Waals surface area contributed by atoms with Crippen LogP contribution in [-0.4, -0.2) is 43.2 Å². The van der Waals surface area contributed by atoms with Crippen molar-refractivity contribution >= 4 is 49.8 Å². The second-order valence-corrected chi connectivity index (χ2v) is 12.0. The molecule has 1 fully saturated rings. The Kier molecular flexibility index (Phi) is 6.98. The number of piperidine rings is 1. The van der Waals surface area contributed by atoms with Gasteiger partial charge in [-0.1, -0.05) is 42.3 Å². The van der Waals surface area contributed by atoms with E-state index < -0.39 is 15.9 Å². The van der Waals surface area contributed by atoms with Gasteiger partial charge in [0.05, 0.1) is 15.5 Å². The molecular formula is C26H26ClN3O3S2. The zero-order valence-corrected chi connectivity index (χ0v) is 21.4. The number of hydrogen-bond acceptors (Lipinski definition) is 4. The maximum Gasteiger partial charge on any atom is 0.252 e. The Bertz CT molecular complexity index is 1440. The average Bonchev–Trinajstić information content (AvgIpc) is 3.56. The molecule has 1 amide bonds. The number of aromatic amines is 1. The number of carbonyl (C=O) groups excluding carboxylic acids is 1. The van der Waals surface area contributed by atoms with Crippen LogP contribution in [-0.2, 0) is 10.0 Å². The lowest BCUT2D eigenvalue weighted by Crippen LogP contribution is -2.35. The lowest BCUT2D eigenvalue weighted by atomic mass is 9.96. The molecule has 0 saturated carbocycles. The van der Waals surface area contributed by atoms with Crippen LogP contribution in [0.25, 0.3) is 10.9 Å². The highest BCUT2D eigenvalue weighted by Crippen LogP contribution is 2.33. The van der Waals surface area contributed by atoms with Gasteiger partial charge in [0.25, 0.3) is 5.91 Å². The van der Waals surface area contributed by atoms with Gasteiger partial charge in [-0.25, -0.2) is 8.42 Å². The van der Waals surface area contributed by atoms with E-state index in [2.05, 4.69) is 22.4 Å². The lowest BCUT2D eigenvalue weighted by molar-refractivity contribution is 0.0952. The SMILES string of the molecule is O=C(NC[C@@H](c1cccs1)c1c[nH]c2ccccc12)c1cc(S(=O)(=O)N2CCCCC2)ccc1Cl. The summed E-state index contributed by atoms with van der Waals surface area (Å²) in [4.78, 5) is 17.8. The Morgan fingerprint density at radius 1 is 1.09 bits per heavy atom. The van der Waals surface area contributed by atoms with Crippen LogP contribution in [0, 0.1) is 0 Å². The molecule has 0 spiro atoms. The molecule has 1 aliphatic heterocycles. The van der Waals surface area contributed by atoms with E-state index in [1.54, 1.807) is 11.3 Å². The summed E-state index contributed by atoms with van der Waals surface area (Å²) >= 11 is 7.98. The number of thiophene rings is 1. The highest BCUT2D eigenvalue weighted by molar-refractivity contribution is 7.89. The number of benzene rings is 2. The molecule has 0 bridgehead atoms. The monoisotopic (exact) mass is 527 g/mol. The Balaban J connectivity index is 1.40. The second kappa shape index (κ2) is 10.1. The van der Waals surface area contributed by atoms with Crippen molar-refractivity contribution in [2.75, 3.05) is 19.6 Å². The number of amides is 1. The summed E-state index contributed by atoms with van der Waals surface area (Å²) in [6.45, 7) is 1.35. The minimum atomic E-state index is -3.67. The van der Waals surface area contributed by atoms with Crippen LogP contribution in [0.15, 0.2) is 71.1 Å². The number of H-pyrrole nitrogens is 1. The lowest BCUT2D eigenvalue weighted by Gasteiger charge is -2.26. The van der Waals surface area contributed by atoms with Gasteiger partial charge in [-0.3, -0.25) is 4.79 Å². The maximum absolute atomic E-state index is 13.2. The minimum Gasteiger partial charge on any atom is -0.361 e. The van der Waals surface area contributed by atoms with Crippen LogP contribution in [0.1, 0.15) is 46.0 Å². The van der Waals surface area contributed by atoms with Crippen molar-refractivity contribution in [3.63, 3.8) is 0 Å². The molecular weight excluding hydrogens is 502 g/mol. The van der Waals surface area contributed by atoms with Gasteiger partial charge >= 0.3 is 0 Å². The van der Waals surface area contributed by atoms with Crippen LogP contribution in [0.2, 0.25) is 5.02 Å². The smallest absolute Gasteiger partial charge is 0.252 e.